The molecule has 96 valence electrons. The van der Waals surface area contributed by atoms with Gasteiger partial charge in [0.25, 0.3) is 0 Å². The van der Waals surface area contributed by atoms with Crippen molar-refractivity contribution in [1.82, 2.24) is 15.1 Å². The van der Waals surface area contributed by atoms with Gasteiger partial charge in [0.2, 0.25) is 0 Å². The SMILES string of the molecule is CC(C)CNCCN1CCCN(C)CC1C. The van der Waals surface area contributed by atoms with E-state index in [0.717, 1.165) is 19.0 Å². The highest BCUT2D eigenvalue weighted by Crippen LogP contribution is 2.07. The first-order valence-corrected chi connectivity index (χ1v) is 6.73. The van der Waals surface area contributed by atoms with Gasteiger partial charge in [0.15, 0.2) is 0 Å². The summed E-state index contributed by atoms with van der Waals surface area (Å²) in [6, 6.07) is 0.702. The zero-order chi connectivity index (χ0) is 12.0. The van der Waals surface area contributed by atoms with E-state index < -0.39 is 0 Å². The van der Waals surface area contributed by atoms with Crippen molar-refractivity contribution in [3.8, 4) is 0 Å². The fourth-order valence-electron chi connectivity index (χ4n) is 2.37. The van der Waals surface area contributed by atoms with Gasteiger partial charge >= 0.3 is 0 Å². The van der Waals surface area contributed by atoms with E-state index >= 15 is 0 Å². The smallest absolute Gasteiger partial charge is 0.0195 e. The fraction of sp³-hybridized carbons (Fsp3) is 1.00. The van der Waals surface area contributed by atoms with Crippen LogP contribution in [0, 0.1) is 5.92 Å². The first-order chi connectivity index (χ1) is 7.59. The minimum atomic E-state index is 0.702. The van der Waals surface area contributed by atoms with Crippen LogP contribution in [-0.2, 0) is 0 Å². The molecule has 0 aromatic rings. The maximum absolute atomic E-state index is 3.53. The quantitative estimate of drug-likeness (QED) is 0.713. The molecule has 0 spiro atoms. The largest absolute Gasteiger partial charge is 0.315 e. The maximum atomic E-state index is 3.53. The van der Waals surface area contributed by atoms with Gasteiger partial charge in [-0.2, -0.15) is 0 Å². The molecular weight excluding hydrogens is 198 g/mol. The predicted molar refractivity (Wildman–Crippen MR) is 70.9 cm³/mol. The number of hydrogen-bond donors (Lipinski definition) is 1. The van der Waals surface area contributed by atoms with Crippen molar-refractivity contribution in [3.63, 3.8) is 0 Å². The summed E-state index contributed by atoms with van der Waals surface area (Å²) in [5.74, 6) is 0.757. The number of hydrogen-bond acceptors (Lipinski definition) is 3. The lowest BCUT2D eigenvalue weighted by atomic mass is 10.2. The zero-order valence-electron chi connectivity index (χ0n) is 11.5. The molecule has 1 unspecified atom stereocenters. The highest BCUT2D eigenvalue weighted by Gasteiger charge is 2.18. The molecule has 3 heteroatoms. The van der Waals surface area contributed by atoms with Gasteiger partial charge in [-0.3, -0.25) is 4.90 Å². The topological polar surface area (TPSA) is 18.5 Å². The standard InChI is InChI=1S/C13H29N3/c1-12(2)10-14-6-9-16-8-5-7-15(4)11-13(16)3/h12-14H,5-11H2,1-4H3. The summed E-state index contributed by atoms with van der Waals surface area (Å²) in [5, 5.41) is 3.53. The summed E-state index contributed by atoms with van der Waals surface area (Å²) in [5.41, 5.74) is 0. The second kappa shape index (κ2) is 7.25. The molecular formula is C13H29N3. The lowest BCUT2D eigenvalue weighted by Crippen LogP contribution is -2.41. The minimum absolute atomic E-state index is 0.702. The van der Waals surface area contributed by atoms with Crippen LogP contribution in [0.15, 0.2) is 0 Å². The molecule has 0 radical (unpaired) electrons. The molecule has 1 fully saturated rings. The van der Waals surface area contributed by atoms with Crippen LogP contribution in [0.3, 0.4) is 0 Å². The van der Waals surface area contributed by atoms with Crippen LogP contribution in [0.2, 0.25) is 0 Å². The van der Waals surface area contributed by atoms with Crippen molar-refractivity contribution in [3.05, 3.63) is 0 Å². The van der Waals surface area contributed by atoms with Crippen LogP contribution in [0.1, 0.15) is 27.2 Å². The minimum Gasteiger partial charge on any atom is -0.315 e. The second-order valence-corrected chi connectivity index (χ2v) is 5.60. The Hall–Kier alpha value is -0.120. The van der Waals surface area contributed by atoms with Crippen LogP contribution in [0.25, 0.3) is 0 Å². The normalized spacial score (nSPS) is 24.9. The summed E-state index contributed by atoms with van der Waals surface area (Å²) in [6.07, 6.45) is 1.31. The van der Waals surface area contributed by atoms with E-state index in [9.17, 15) is 0 Å². The highest BCUT2D eigenvalue weighted by molar-refractivity contribution is 4.75. The van der Waals surface area contributed by atoms with Crippen molar-refractivity contribution < 1.29 is 0 Å². The lowest BCUT2D eigenvalue weighted by Gasteiger charge is -2.28. The van der Waals surface area contributed by atoms with Gasteiger partial charge in [0.1, 0.15) is 0 Å². The van der Waals surface area contributed by atoms with Gasteiger partial charge < -0.3 is 10.2 Å². The average Bonchev–Trinajstić information content (AvgIpc) is 2.35. The Balaban J connectivity index is 2.19. The number of rotatable bonds is 5. The molecule has 1 atom stereocenters. The van der Waals surface area contributed by atoms with E-state index in [0.29, 0.717) is 6.04 Å². The molecule has 0 aromatic heterocycles. The Morgan fingerprint density at radius 3 is 2.75 bits per heavy atom. The van der Waals surface area contributed by atoms with Gasteiger partial charge in [-0.25, -0.2) is 0 Å². The summed E-state index contributed by atoms with van der Waals surface area (Å²) < 4.78 is 0. The molecule has 0 bridgehead atoms. The first-order valence-electron chi connectivity index (χ1n) is 6.73. The van der Waals surface area contributed by atoms with Crippen LogP contribution in [0.5, 0.6) is 0 Å². The van der Waals surface area contributed by atoms with E-state index in [2.05, 4.69) is 42.9 Å². The number of nitrogens with one attached hydrogen (secondary N) is 1. The van der Waals surface area contributed by atoms with E-state index in [-0.39, 0.29) is 0 Å². The molecule has 1 heterocycles. The third kappa shape index (κ3) is 5.28. The zero-order valence-corrected chi connectivity index (χ0v) is 11.5. The summed E-state index contributed by atoms with van der Waals surface area (Å²) in [6.45, 7) is 14.1. The first kappa shape index (κ1) is 13.9. The predicted octanol–water partition coefficient (Wildman–Crippen LogP) is 1.26. The summed E-state index contributed by atoms with van der Waals surface area (Å²) in [4.78, 5) is 5.07. The van der Waals surface area contributed by atoms with Gasteiger partial charge in [-0.05, 0) is 45.9 Å². The molecule has 0 aromatic carbocycles. The molecule has 3 nitrogen and oxygen atoms in total. The maximum Gasteiger partial charge on any atom is 0.0195 e. The van der Waals surface area contributed by atoms with Gasteiger partial charge in [0.05, 0.1) is 0 Å². The van der Waals surface area contributed by atoms with E-state index in [4.69, 9.17) is 0 Å². The van der Waals surface area contributed by atoms with Crippen LogP contribution in [0.4, 0.5) is 0 Å². The number of nitrogens with zero attached hydrogens (tertiary/aromatic N) is 2. The molecule has 1 N–H and O–H groups in total. The van der Waals surface area contributed by atoms with Crippen LogP contribution in [-0.4, -0.2) is 62.2 Å². The average molecular weight is 227 g/mol. The molecule has 0 aliphatic carbocycles. The van der Waals surface area contributed by atoms with Crippen LogP contribution >= 0.6 is 0 Å². The van der Waals surface area contributed by atoms with Crippen LogP contribution < -0.4 is 5.32 Å². The van der Waals surface area contributed by atoms with E-state index in [1.165, 1.54) is 32.6 Å². The van der Waals surface area contributed by atoms with Crippen molar-refractivity contribution >= 4 is 0 Å². The summed E-state index contributed by atoms with van der Waals surface area (Å²) >= 11 is 0. The van der Waals surface area contributed by atoms with Gasteiger partial charge in [0, 0.05) is 25.7 Å². The molecule has 16 heavy (non-hydrogen) atoms. The molecule has 1 rings (SSSR count). The van der Waals surface area contributed by atoms with Crippen molar-refractivity contribution in [2.45, 2.75) is 33.2 Å². The monoisotopic (exact) mass is 227 g/mol. The lowest BCUT2D eigenvalue weighted by molar-refractivity contribution is 0.202. The molecule has 1 aliphatic heterocycles. The van der Waals surface area contributed by atoms with Gasteiger partial charge in [-0.15, -0.1) is 0 Å². The molecule has 1 aliphatic rings. The number of likely N-dealkylation sites (N-methyl/N-ethyl adjacent to an activating group) is 1. The third-order valence-electron chi connectivity index (χ3n) is 3.31. The molecule has 1 saturated heterocycles. The molecule has 0 amide bonds. The Kier molecular flexibility index (Phi) is 6.32. The summed E-state index contributed by atoms with van der Waals surface area (Å²) in [7, 11) is 2.23. The fourth-order valence-corrected chi connectivity index (χ4v) is 2.37. The van der Waals surface area contributed by atoms with Gasteiger partial charge in [-0.1, -0.05) is 13.8 Å². The van der Waals surface area contributed by atoms with Crippen molar-refractivity contribution in [2.75, 3.05) is 46.3 Å². The highest BCUT2D eigenvalue weighted by atomic mass is 15.2. The van der Waals surface area contributed by atoms with Crippen molar-refractivity contribution in [1.29, 1.82) is 0 Å². The second-order valence-electron chi connectivity index (χ2n) is 5.60. The van der Waals surface area contributed by atoms with E-state index in [1.807, 2.05) is 0 Å². The Labute approximate surface area is 101 Å². The Bertz CT molecular complexity index is 182. The van der Waals surface area contributed by atoms with Crippen molar-refractivity contribution in [2.24, 2.45) is 5.92 Å². The Morgan fingerprint density at radius 1 is 1.31 bits per heavy atom. The Morgan fingerprint density at radius 2 is 2.06 bits per heavy atom. The van der Waals surface area contributed by atoms with E-state index in [1.54, 1.807) is 0 Å². The third-order valence-corrected chi connectivity index (χ3v) is 3.31. The molecule has 0 saturated carbocycles.